The van der Waals surface area contributed by atoms with Crippen molar-refractivity contribution in [3.8, 4) is 0 Å². The largest absolute Gasteiger partial charge is 0.337 e. The molecule has 0 spiro atoms. The fourth-order valence-electron chi connectivity index (χ4n) is 6.25. The quantitative estimate of drug-likeness (QED) is 0.686. The predicted octanol–water partition coefficient (Wildman–Crippen LogP) is 2.31. The van der Waals surface area contributed by atoms with Crippen LogP contribution in [0.2, 0.25) is 0 Å². The maximum atomic E-state index is 12.7. The average molecular weight is 433 g/mol. The van der Waals surface area contributed by atoms with E-state index in [2.05, 4.69) is 19.9 Å². The molecule has 2 unspecified atom stereocenters. The van der Waals surface area contributed by atoms with Gasteiger partial charge in [-0.1, -0.05) is 12.1 Å². The van der Waals surface area contributed by atoms with E-state index in [-0.39, 0.29) is 17.6 Å². The van der Waals surface area contributed by atoms with Crippen molar-refractivity contribution in [1.29, 1.82) is 0 Å². The Morgan fingerprint density at radius 2 is 1.75 bits per heavy atom. The summed E-state index contributed by atoms with van der Waals surface area (Å²) in [5.41, 5.74) is 2.38. The number of likely N-dealkylation sites (tertiary alicyclic amines) is 2. The van der Waals surface area contributed by atoms with Crippen LogP contribution < -0.4 is 5.69 Å². The molecule has 3 aromatic rings. The number of nitrogens with one attached hydrogen (secondary N) is 1. The molecule has 32 heavy (non-hydrogen) atoms. The Morgan fingerprint density at radius 3 is 2.47 bits per heavy atom. The first kappa shape index (κ1) is 19.7. The summed E-state index contributed by atoms with van der Waals surface area (Å²) in [5, 5.41) is 0. The van der Waals surface area contributed by atoms with Crippen molar-refractivity contribution in [2.75, 3.05) is 26.2 Å². The number of hydrogen-bond donors (Lipinski definition) is 1. The Labute approximate surface area is 186 Å². The number of hydrogen-bond acceptors (Lipinski definition) is 5. The number of imidazole rings is 1. The first-order valence-corrected chi connectivity index (χ1v) is 11.7. The normalized spacial score (nSPS) is 26.6. The maximum Gasteiger partial charge on any atom is 0.326 e. The molecule has 3 fully saturated rings. The molecular formula is C24H28N6O2. The van der Waals surface area contributed by atoms with E-state index in [1.165, 1.54) is 0 Å². The molecule has 1 saturated carbocycles. The van der Waals surface area contributed by atoms with Crippen LogP contribution in [0.25, 0.3) is 11.0 Å². The lowest BCUT2D eigenvalue weighted by molar-refractivity contribution is 0.0759. The highest BCUT2D eigenvalue weighted by Crippen LogP contribution is 2.41. The summed E-state index contributed by atoms with van der Waals surface area (Å²) >= 11 is 0. The second-order valence-electron chi connectivity index (χ2n) is 9.53. The lowest BCUT2D eigenvalue weighted by Gasteiger charge is -2.37. The minimum absolute atomic E-state index is 0.00733. The zero-order valence-electron chi connectivity index (χ0n) is 18.1. The van der Waals surface area contributed by atoms with Crippen LogP contribution in [0.4, 0.5) is 0 Å². The Balaban J connectivity index is 1.07. The van der Waals surface area contributed by atoms with E-state index < -0.39 is 0 Å². The zero-order valence-corrected chi connectivity index (χ0v) is 18.1. The number of nitrogens with zero attached hydrogens (tertiary/aromatic N) is 5. The number of amides is 1. The number of para-hydroxylation sites is 2. The van der Waals surface area contributed by atoms with Crippen LogP contribution in [0.5, 0.6) is 0 Å². The smallest absolute Gasteiger partial charge is 0.326 e. The summed E-state index contributed by atoms with van der Waals surface area (Å²) < 4.78 is 1.96. The molecule has 2 atom stereocenters. The van der Waals surface area contributed by atoms with Gasteiger partial charge < -0.3 is 14.8 Å². The van der Waals surface area contributed by atoms with Crippen molar-refractivity contribution in [2.24, 2.45) is 11.8 Å². The van der Waals surface area contributed by atoms with Crippen LogP contribution in [0.1, 0.15) is 42.2 Å². The molecule has 8 heteroatoms. The fourth-order valence-corrected chi connectivity index (χ4v) is 6.25. The van der Waals surface area contributed by atoms with E-state index in [0.717, 1.165) is 62.9 Å². The van der Waals surface area contributed by atoms with Gasteiger partial charge in [0, 0.05) is 50.7 Å². The Morgan fingerprint density at radius 1 is 1.00 bits per heavy atom. The molecular weight excluding hydrogens is 404 g/mol. The van der Waals surface area contributed by atoms with E-state index in [1.807, 2.05) is 33.7 Å². The highest BCUT2D eigenvalue weighted by atomic mass is 16.2. The molecule has 1 aromatic carbocycles. The number of aromatic nitrogens is 4. The van der Waals surface area contributed by atoms with Gasteiger partial charge in [0.15, 0.2) is 0 Å². The molecule has 1 amide bonds. The van der Waals surface area contributed by atoms with Crippen molar-refractivity contribution in [1.82, 2.24) is 29.3 Å². The molecule has 2 aromatic heterocycles. The number of piperidine rings is 1. The molecule has 6 rings (SSSR count). The van der Waals surface area contributed by atoms with Crippen LogP contribution in [0, 0.1) is 11.8 Å². The number of aromatic amines is 1. The summed E-state index contributed by atoms with van der Waals surface area (Å²) in [6.45, 7) is 3.72. The number of benzene rings is 1. The summed E-state index contributed by atoms with van der Waals surface area (Å²) in [6.07, 6.45) is 9.06. The van der Waals surface area contributed by atoms with Gasteiger partial charge >= 0.3 is 5.69 Å². The summed E-state index contributed by atoms with van der Waals surface area (Å²) in [5.74, 6) is 1.16. The molecule has 2 saturated heterocycles. The lowest BCUT2D eigenvalue weighted by Crippen LogP contribution is -2.42. The van der Waals surface area contributed by atoms with E-state index in [9.17, 15) is 9.59 Å². The second kappa shape index (κ2) is 7.85. The minimum Gasteiger partial charge on any atom is -0.337 e. The molecule has 1 N–H and O–H groups in total. The first-order valence-electron chi connectivity index (χ1n) is 11.7. The first-order chi connectivity index (χ1) is 15.7. The molecule has 0 bridgehead atoms. The number of carbonyl (C=O) groups is 1. The summed E-state index contributed by atoms with van der Waals surface area (Å²) in [7, 11) is 0. The molecule has 8 nitrogen and oxygen atoms in total. The SMILES string of the molecule is O=C(c1cnccn1)N1CC2CC(N3CCC(n4c(=O)[nH]c5ccccc54)CC3)CC2C1. The standard InChI is InChI=1S/C24H28N6O2/c31-23(21-13-25-7-8-26-21)29-14-16-11-19(12-17(16)15-29)28-9-5-18(6-10-28)30-22-4-2-1-3-20(22)27-24(30)32/h1-4,7-8,13,16-19H,5-6,9-12,14-15H2,(H,27,32). The lowest BCUT2D eigenvalue weighted by atomic mass is 10.0. The van der Waals surface area contributed by atoms with Gasteiger partial charge in [0.05, 0.1) is 17.2 Å². The molecule has 3 aliphatic rings. The molecule has 0 radical (unpaired) electrons. The van der Waals surface area contributed by atoms with Crippen LogP contribution in [0.15, 0.2) is 47.7 Å². The highest BCUT2D eigenvalue weighted by Gasteiger charge is 2.44. The van der Waals surface area contributed by atoms with E-state index in [0.29, 0.717) is 23.6 Å². The Bertz CT molecular complexity index is 1170. The van der Waals surface area contributed by atoms with E-state index in [1.54, 1.807) is 18.6 Å². The third kappa shape index (κ3) is 3.33. The predicted molar refractivity (Wildman–Crippen MR) is 120 cm³/mol. The summed E-state index contributed by atoms with van der Waals surface area (Å²) in [4.78, 5) is 41.1. The van der Waals surface area contributed by atoms with Crippen LogP contribution in [-0.2, 0) is 0 Å². The fraction of sp³-hybridized carbons (Fsp3) is 0.500. The average Bonchev–Trinajstić information content (AvgIpc) is 3.50. The van der Waals surface area contributed by atoms with Gasteiger partial charge in [-0.15, -0.1) is 0 Å². The van der Waals surface area contributed by atoms with Crippen molar-refractivity contribution in [2.45, 2.75) is 37.8 Å². The maximum absolute atomic E-state index is 12.7. The van der Waals surface area contributed by atoms with Gasteiger partial charge in [0.2, 0.25) is 0 Å². The summed E-state index contributed by atoms with van der Waals surface area (Å²) in [6, 6.07) is 8.82. The number of rotatable bonds is 3. The monoisotopic (exact) mass is 432 g/mol. The van der Waals surface area contributed by atoms with Gasteiger partial charge in [0.25, 0.3) is 5.91 Å². The van der Waals surface area contributed by atoms with Gasteiger partial charge in [-0.05, 0) is 49.7 Å². The van der Waals surface area contributed by atoms with Gasteiger partial charge in [0.1, 0.15) is 5.69 Å². The number of fused-ring (bicyclic) bond motifs is 2. The molecule has 166 valence electrons. The van der Waals surface area contributed by atoms with Crippen molar-refractivity contribution in [3.05, 3.63) is 59.0 Å². The molecule has 4 heterocycles. The third-order valence-electron chi connectivity index (χ3n) is 7.80. The van der Waals surface area contributed by atoms with Gasteiger partial charge in [-0.25, -0.2) is 9.78 Å². The number of H-pyrrole nitrogens is 1. The Hall–Kier alpha value is -3.00. The van der Waals surface area contributed by atoms with Crippen molar-refractivity contribution < 1.29 is 4.79 Å². The minimum atomic E-state index is 0.00733. The van der Waals surface area contributed by atoms with Crippen molar-refractivity contribution >= 4 is 16.9 Å². The van der Waals surface area contributed by atoms with Crippen LogP contribution >= 0.6 is 0 Å². The van der Waals surface area contributed by atoms with Gasteiger partial charge in [-0.3, -0.25) is 14.3 Å². The molecule has 2 aliphatic heterocycles. The second-order valence-corrected chi connectivity index (χ2v) is 9.53. The zero-order chi connectivity index (χ0) is 21.7. The number of carbonyl (C=O) groups excluding carboxylic acids is 1. The Kier molecular flexibility index (Phi) is 4.82. The van der Waals surface area contributed by atoms with E-state index >= 15 is 0 Å². The van der Waals surface area contributed by atoms with Crippen molar-refractivity contribution in [3.63, 3.8) is 0 Å². The molecule has 1 aliphatic carbocycles. The van der Waals surface area contributed by atoms with Crippen LogP contribution in [-0.4, -0.2) is 67.4 Å². The topological polar surface area (TPSA) is 87.1 Å². The van der Waals surface area contributed by atoms with E-state index in [4.69, 9.17) is 0 Å². The third-order valence-corrected chi connectivity index (χ3v) is 7.80. The van der Waals surface area contributed by atoms with Crippen LogP contribution in [0.3, 0.4) is 0 Å². The van der Waals surface area contributed by atoms with Gasteiger partial charge in [-0.2, -0.15) is 0 Å². The highest BCUT2D eigenvalue weighted by molar-refractivity contribution is 5.92.